The van der Waals surface area contributed by atoms with Gasteiger partial charge in [-0.2, -0.15) is 0 Å². The Morgan fingerprint density at radius 2 is 1.39 bits per heavy atom. The number of hydrogen-bond donors (Lipinski definition) is 5. The molecule has 1 atom stereocenters. The minimum atomic E-state index is -5.20. The Labute approximate surface area is 125 Å². The Kier molecular flexibility index (Phi) is 7.34. The van der Waals surface area contributed by atoms with Gasteiger partial charge < -0.3 is 26.5 Å². The van der Waals surface area contributed by atoms with E-state index < -0.39 is 43.0 Å². The summed E-state index contributed by atoms with van der Waals surface area (Å²) in [5.41, 5.74) is -5.91. The van der Waals surface area contributed by atoms with E-state index in [-0.39, 0.29) is 31.0 Å². The van der Waals surface area contributed by atoms with Crippen molar-refractivity contribution in [3.63, 3.8) is 0 Å². The molecule has 9 nitrogen and oxygen atoms in total. The van der Waals surface area contributed by atoms with Crippen LogP contribution in [0, 0.1) is 5.41 Å². The van der Waals surface area contributed by atoms with Crippen molar-refractivity contribution >= 4 is 25.5 Å². The van der Waals surface area contributed by atoms with Crippen LogP contribution < -0.4 is 29.6 Å². The van der Waals surface area contributed by atoms with Crippen molar-refractivity contribution in [3.05, 3.63) is 0 Å². The third kappa shape index (κ3) is 3.31. The van der Waals surface area contributed by atoms with Gasteiger partial charge in [-0.15, -0.1) is 0 Å². The number of aliphatic carboxylic acids is 3. The molecule has 0 aromatic rings. The van der Waals surface area contributed by atoms with Crippen LogP contribution in [0.3, 0.4) is 0 Å². The number of carboxylic acid groups (broad SMARTS) is 3. The molecule has 0 fully saturated rings. The summed E-state index contributed by atoms with van der Waals surface area (Å²) in [6.07, 6.45) is -0.616. The molecule has 100 valence electrons. The Morgan fingerprint density at radius 3 is 1.44 bits per heavy atom. The summed E-state index contributed by atoms with van der Waals surface area (Å²) in [6.45, 7) is 1.09. The van der Waals surface area contributed by atoms with E-state index in [1.54, 1.807) is 0 Å². The van der Waals surface area contributed by atoms with Crippen molar-refractivity contribution in [1.29, 1.82) is 0 Å². The average Bonchev–Trinajstić information content (AvgIpc) is 2.09. The topological polar surface area (TPSA) is 169 Å². The minimum absolute atomic E-state index is 0. The van der Waals surface area contributed by atoms with Crippen LogP contribution in [0.4, 0.5) is 0 Å². The molecule has 0 aliphatic heterocycles. The Balaban J connectivity index is -0.00000128. The Hall–Kier alpha value is -0.440. The molecule has 0 bridgehead atoms. The quantitative estimate of drug-likeness (QED) is 0.188. The first-order valence-corrected chi connectivity index (χ1v) is 5.96. The van der Waals surface area contributed by atoms with Gasteiger partial charge in [0.2, 0.25) is 0 Å². The maximum atomic E-state index is 11.0. The molecule has 0 saturated heterocycles. The number of rotatable bonds is 6. The van der Waals surface area contributed by atoms with E-state index in [0.29, 0.717) is 0 Å². The van der Waals surface area contributed by atoms with E-state index in [4.69, 9.17) is 25.1 Å². The van der Waals surface area contributed by atoms with Crippen molar-refractivity contribution in [2.24, 2.45) is 5.41 Å². The van der Waals surface area contributed by atoms with Gasteiger partial charge in [0.15, 0.2) is 0 Å². The van der Waals surface area contributed by atoms with Gasteiger partial charge in [-0.1, -0.05) is 6.92 Å². The fraction of sp³-hybridized carbons (Fsp3) is 0.571. The van der Waals surface area contributed by atoms with Gasteiger partial charge >= 0.3 is 55.1 Å². The van der Waals surface area contributed by atoms with Gasteiger partial charge in [-0.3, -0.25) is 18.9 Å². The zero-order chi connectivity index (χ0) is 14.0. The SMILES string of the molecule is CCC(C(C(=O)O)(C(=O)O)C(=O)O)P(=O)(O)O.[H-].[Na+]. The molecule has 0 aromatic carbocycles. The zero-order valence-electron chi connectivity index (χ0n) is 10.6. The van der Waals surface area contributed by atoms with E-state index >= 15 is 0 Å². The first-order valence-electron chi connectivity index (χ1n) is 4.28. The molecular formula is C7H12NaO9P. The van der Waals surface area contributed by atoms with Gasteiger partial charge in [-0.25, -0.2) is 0 Å². The van der Waals surface area contributed by atoms with Crippen molar-refractivity contribution in [2.75, 3.05) is 0 Å². The van der Waals surface area contributed by atoms with E-state index in [1.807, 2.05) is 0 Å². The molecule has 1 unspecified atom stereocenters. The van der Waals surface area contributed by atoms with Crippen LogP contribution in [0.5, 0.6) is 0 Å². The van der Waals surface area contributed by atoms with Gasteiger partial charge in [0.25, 0.3) is 5.41 Å². The molecule has 5 N–H and O–H groups in total. The molecule has 0 saturated carbocycles. The number of carboxylic acids is 3. The Bertz CT molecular complexity index is 369. The second kappa shape index (κ2) is 6.65. The fourth-order valence-corrected chi connectivity index (χ4v) is 2.81. The average molecular weight is 294 g/mol. The zero-order valence-corrected chi connectivity index (χ0v) is 12.5. The van der Waals surface area contributed by atoms with Gasteiger partial charge in [0.05, 0.1) is 5.66 Å². The van der Waals surface area contributed by atoms with E-state index in [1.165, 1.54) is 0 Å². The minimum Gasteiger partial charge on any atom is -1.00 e. The van der Waals surface area contributed by atoms with E-state index in [2.05, 4.69) is 0 Å². The summed E-state index contributed by atoms with van der Waals surface area (Å²) >= 11 is 0. The summed E-state index contributed by atoms with van der Waals surface area (Å²) in [5, 5.41) is 26.2. The number of hydrogen-bond acceptors (Lipinski definition) is 4. The van der Waals surface area contributed by atoms with Crippen LogP contribution in [-0.4, -0.2) is 48.7 Å². The third-order valence-electron chi connectivity index (χ3n) is 2.30. The molecule has 0 amide bonds. The molecular weight excluding hydrogens is 282 g/mol. The molecule has 18 heavy (non-hydrogen) atoms. The van der Waals surface area contributed by atoms with Gasteiger partial charge in [0.1, 0.15) is 0 Å². The second-order valence-electron chi connectivity index (χ2n) is 3.24. The first-order chi connectivity index (χ1) is 7.52. The molecule has 0 heterocycles. The van der Waals surface area contributed by atoms with E-state index in [9.17, 15) is 18.9 Å². The van der Waals surface area contributed by atoms with Crippen LogP contribution >= 0.6 is 7.60 Å². The maximum Gasteiger partial charge on any atom is 1.00 e. The summed E-state index contributed by atoms with van der Waals surface area (Å²) in [6, 6.07) is 0. The normalized spacial score (nSPS) is 13.3. The van der Waals surface area contributed by atoms with Crippen LogP contribution in [0.15, 0.2) is 0 Å². The van der Waals surface area contributed by atoms with Crippen LogP contribution in [0.2, 0.25) is 0 Å². The van der Waals surface area contributed by atoms with Crippen LogP contribution in [-0.2, 0) is 18.9 Å². The summed E-state index contributed by atoms with van der Waals surface area (Å²) in [4.78, 5) is 50.3. The van der Waals surface area contributed by atoms with Crippen molar-refractivity contribution in [1.82, 2.24) is 0 Å². The molecule has 0 radical (unpaired) electrons. The standard InChI is InChI=1S/C7H11O9P.Na.H/c1-2-3(17(14,15)16)7(4(8)9,5(10)11)6(12)13;;/h3H,2H2,1H3,(H,8,9)(H,10,11)(H,12,13)(H2,14,15,16);;/q;+1;-1. The predicted molar refractivity (Wildman–Crippen MR) is 52.6 cm³/mol. The largest absolute Gasteiger partial charge is 1.00 e. The second-order valence-corrected chi connectivity index (χ2v) is 5.04. The summed E-state index contributed by atoms with van der Waals surface area (Å²) in [7, 11) is -5.20. The van der Waals surface area contributed by atoms with Crippen molar-refractivity contribution < 1.29 is 75.0 Å². The van der Waals surface area contributed by atoms with Crippen LogP contribution in [0.1, 0.15) is 14.8 Å². The monoisotopic (exact) mass is 294 g/mol. The van der Waals surface area contributed by atoms with Gasteiger partial charge in [-0.05, 0) is 6.42 Å². The van der Waals surface area contributed by atoms with E-state index in [0.717, 1.165) is 6.92 Å². The summed E-state index contributed by atoms with van der Waals surface area (Å²) in [5.74, 6) is -6.98. The molecule has 0 aliphatic rings. The maximum absolute atomic E-state index is 11.0. The van der Waals surface area contributed by atoms with Crippen molar-refractivity contribution in [3.8, 4) is 0 Å². The molecule has 0 aliphatic carbocycles. The van der Waals surface area contributed by atoms with Gasteiger partial charge in [0, 0.05) is 0 Å². The predicted octanol–water partition coefficient (Wildman–Crippen LogP) is -3.70. The molecule has 0 spiro atoms. The summed E-state index contributed by atoms with van der Waals surface area (Å²) < 4.78 is 11.0. The Morgan fingerprint density at radius 1 is 1.11 bits per heavy atom. The number of carbonyl (C=O) groups is 3. The first kappa shape index (κ1) is 19.9. The third-order valence-corrected chi connectivity index (χ3v) is 3.87. The molecule has 0 aromatic heterocycles. The molecule has 0 rings (SSSR count). The van der Waals surface area contributed by atoms with Crippen LogP contribution in [0.25, 0.3) is 0 Å². The molecule has 11 heteroatoms. The fourth-order valence-electron chi connectivity index (χ4n) is 1.50. The smallest absolute Gasteiger partial charge is 1.00 e. The van der Waals surface area contributed by atoms with Crippen molar-refractivity contribution in [2.45, 2.75) is 19.0 Å².